The molecule has 1 aromatic rings. The minimum Gasteiger partial charge on any atom is -0.379 e. The van der Waals surface area contributed by atoms with Crippen LogP contribution in [-0.2, 0) is 4.74 Å². The van der Waals surface area contributed by atoms with E-state index < -0.39 is 0 Å². The maximum absolute atomic E-state index is 12.2. The lowest BCUT2D eigenvalue weighted by atomic mass is 10.0. The third-order valence-electron chi connectivity index (χ3n) is 3.67. The molecule has 5 heteroatoms. The molecule has 0 atom stereocenters. The Morgan fingerprint density at radius 1 is 1.35 bits per heavy atom. The van der Waals surface area contributed by atoms with Crippen molar-refractivity contribution >= 4 is 28.5 Å². The summed E-state index contributed by atoms with van der Waals surface area (Å²) in [6.45, 7) is 8.35. The summed E-state index contributed by atoms with van der Waals surface area (Å²) in [7, 11) is 0. The molecule has 1 N–H and O–H groups in total. The van der Waals surface area contributed by atoms with Crippen molar-refractivity contribution in [2.75, 3.05) is 32.8 Å². The van der Waals surface area contributed by atoms with E-state index in [1.807, 2.05) is 24.3 Å². The van der Waals surface area contributed by atoms with Crippen LogP contribution in [-0.4, -0.2) is 49.2 Å². The van der Waals surface area contributed by atoms with E-state index in [4.69, 9.17) is 4.74 Å². The number of hydrogen-bond donors (Lipinski definition) is 1. The molecular formula is C15H21IN2O2. The normalized spacial score (nSPS) is 16.9. The van der Waals surface area contributed by atoms with Gasteiger partial charge in [-0.1, -0.05) is 12.1 Å². The van der Waals surface area contributed by atoms with Gasteiger partial charge in [-0.2, -0.15) is 0 Å². The minimum absolute atomic E-state index is 0.00339. The number of carbonyl (C=O) groups is 1. The lowest BCUT2D eigenvalue weighted by molar-refractivity contribution is -0.00923. The van der Waals surface area contributed by atoms with Crippen LogP contribution in [0.15, 0.2) is 24.3 Å². The number of hydrogen-bond acceptors (Lipinski definition) is 3. The fraction of sp³-hybridized carbons (Fsp3) is 0.533. The smallest absolute Gasteiger partial charge is 0.252 e. The number of halogens is 1. The number of ether oxygens (including phenoxy) is 1. The fourth-order valence-electron chi connectivity index (χ4n) is 2.32. The Morgan fingerprint density at radius 2 is 2.00 bits per heavy atom. The van der Waals surface area contributed by atoms with Crippen molar-refractivity contribution in [3.05, 3.63) is 33.4 Å². The second-order valence-corrected chi connectivity index (χ2v) is 6.74. The molecule has 1 saturated heterocycles. The van der Waals surface area contributed by atoms with Crippen LogP contribution in [0.2, 0.25) is 0 Å². The quantitative estimate of drug-likeness (QED) is 0.804. The first kappa shape index (κ1) is 15.7. The van der Waals surface area contributed by atoms with Crippen molar-refractivity contribution in [3.63, 3.8) is 0 Å². The number of morpholine rings is 1. The molecule has 1 fully saturated rings. The first-order valence-corrected chi connectivity index (χ1v) is 7.94. The Balaban J connectivity index is 1.94. The summed E-state index contributed by atoms with van der Waals surface area (Å²) in [6.07, 6.45) is 0. The van der Waals surface area contributed by atoms with Crippen molar-refractivity contribution in [2.45, 2.75) is 19.4 Å². The number of benzene rings is 1. The summed E-state index contributed by atoms with van der Waals surface area (Å²) in [5.41, 5.74) is 0.686. The Hall–Kier alpha value is -0.660. The molecule has 0 radical (unpaired) electrons. The van der Waals surface area contributed by atoms with Crippen LogP contribution in [0.3, 0.4) is 0 Å². The van der Waals surface area contributed by atoms with Gasteiger partial charge in [-0.15, -0.1) is 0 Å². The molecule has 2 rings (SSSR count). The van der Waals surface area contributed by atoms with Gasteiger partial charge in [-0.05, 0) is 48.6 Å². The van der Waals surface area contributed by atoms with Gasteiger partial charge in [0.15, 0.2) is 0 Å². The zero-order valence-electron chi connectivity index (χ0n) is 12.0. The monoisotopic (exact) mass is 388 g/mol. The van der Waals surface area contributed by atoms with Gasteiger partial charge in [0.2, 0.25) is 0 Å². The molecule has 1 aliphatic rings. The highest BCUT2D eigenvalue weighted by Gasteiger charge is 2.28. The van der Waals surface area contributed by atoms with Gasteiger partial charge in [-0.25, -0.2) is 0 Å². The molecule has 4 nitrogen and oxygen atoms in total. The summed E-state index contributed by atoms with van der Waals surface area (Å²) in [5, 5.41) is 3.05. The number of nitrogens with one attached hydrogen (secondary N) is 1. The summed E-state index contributed by atoms with van der Waals surface area (Å²) < 4.78 is 6.35. The van der Waals surface area contributed by atoms with Gasteiger partial charge in [0.25, 0.3) is 5.91 Å². The summed E-state index contributed by atoms with van der Waals surface area (Å²) in [5.74, 6) is -0.00339. The van der Waals surface area contributed by atoms with E-state index >= 15 is 0 Å². The number of carbonyl (C=O) groups excluding carboxylic acids is 1. The van der Waals surface area contributed by atoms with Gasteiger partial charge in [-0.3, -0.25) is 9.69 Å². The zero-order chi connectivity index (χ0) is 14.6. The summed E-state index contributed by atoms with van der Waals surface area (Å²) >= 11 is 2.19. The Kier molecular flexibility index (Phi) is 5.40. The minimum atomic E-state index is -0.0559. The van der Waals surface area contributed by atoms with Gasteiger partial charge in [0.1, 0.15) is 0 Å². The predicted octanol–water partition coefficient (Wildman–Crippen LogP) is 2.13. The highest BCUT2D eigenvalue weighted by Crippen LogP contribution is 2.16. The summed E-state index contributed by atoms with van der Waals surface area (Å²) in [6, 6.07) is 7.64. The van der Waals surface area contributed by atoms with Crippen molar-refractivity contribution in [1.82, 2.24) is 10.2 Å². The predicted molar refractivity (Wildman–Crippen MR) is 88.0 cm³/mol. The van der Waals surface area contributed by atoms with E-state index in [1.54, 1.807) is 0 Å². The first-order chi connectivity index (χ1) is 9.50. The molecule has 0 bridgehead atoms. The van der Waals surface area contributed by atoms with E-state index in [0.717, 1.165) is 35.4 Å². The SMILES string of the molecule is CC(C)(CNC(=O)c1ccccc1I)N1CCOCC1. The second kappa shape index (κ2) is 6.87. The molecule has 1 heterocycles. The number of nitrogens with zero attached hydrogens (tertiary/aromatic N) is 1. The van der Waals surface area contributed by atoms with Crippen molar-refractivity contribution in [3.8, 4) is 0 Å². The van der Waals surface area contributed by atoms with Crippen LogP contribution in [0, 0.1) is 3.57 Å². The van der Waals surface area contributed by atoms with Gasteiger partial charge < -0.3 is 10.1 Å². The van der Waals surface area contributed by atoms with E-state index in [9.17, 15) is 4.79 Å². The van der Waals surface area contributed by atoms with Crippen LogP contribution in [0.4, 0.5) is 0 Å². The maximum atomic E-state index is 12.2. The highest BCUT2D eigenvalue weighted by molar-refractivity contribution is 14.1. The first-order valence-electron chi connectivity index (χ1n) is 6.86. The Bertz CT molecular complexity index is 471. The van der Waals surface area contributed by atoms with Crippen molar-refractivity contribution in [2.24, 2.45) is 0 Å². The fourth-order valence-corrected chi connectivity index (χ4v) is 2.95. The topological polar surface area (TPSA) is 41.6 Å². The summed E-state index contributed by atoms with van der Waals surface area (Å²) in [4.78, 5) is 14.6. The molecular weight excluding hydrogens is 367 g/mol. The van der Waals surface area contributed by atoms with Crippen molar-refractivity contribution < 1.29 is 9.53 Å². The van der Waals surface area contributed by atoms with E-state index in [2.05, 4.69) is 46.7 Å². The average Bonchev–Trinajstić information content (AvgIpc) is 2.46. The largest absolute Gasteiger partial charge is 0.379 e. The molecule has 20 heavy (non-hydrogen) atoms. The molecule has 1 amide bonds. The molecule has 1 aromatic carbocycles. The van der Waals surface area contributed by atoms with E-state index in [0.29, 0.717) is 6.54 Å². The van der Waals surface area contributed by atoms with E-state index in [1.165, 1.54) is 0 Å². The van der Waals surface area contributed by atoms with Crippen molar-refractivity contribution in [1.29, 1.82) is 0 Å². The maximum Gasteiger partial charge on any atom is 0.252 e. The highest BCUT2D eigenvalue weighted by atomic mass is 127. The van der Waals surface area contributed by atoms with Crippen LogP contribution in [0.1, 0.15) is 24.2 Å². The van der Waals surface area contributed by atoms with Crippen LogP contribution in [0.25, 0.3) is 0 Å². The molecule has 0 aliphatic carbocycles. The lowest BCUT2D eigenvalue weighted by Crippen LogP contribution is -2.55. The molecule has 1 aliphatic heterocycles. The molecule has 0 aromatic heterocycles. The van der Waals surface area contributed by atoms with Gasteiger partial charge in [0.05, 0.1) is 18.8 Å². The van der Waals surface area contributed by atoms with Crippen LogP contribution >= 0.6 is 22.6 Å². The Labute approximate surface area is 134 Å². The Morgan fingerprint density at radius 3 is 2.65 bits per heavy atom. The molecule has 0 saturated carbocycles. The zero-order valence-corrected chi connectivity index (χ0v) is 14.1. The third-order valence-corrected chi connectivity index (χ3v) is 4.61. The van der Waals surface area contributed by atoms with Gasteiger partial charge >= 0.3 is 0 Å². The van der Waals surface area contributed by atoms with Gasteiger partial charge in [0, 0.05) is 28.7 Å². The molecule has 0 unspecified atom stereocenters. The van der Waals surface area contributed by atoms with E-state index in [-0.39, 0.29) is 11.4 Å². The molecule has 0 spiro atoms. The average molecular weight is 388 g/mol. The van der Waals surface area contributed by atoms with Crippen LogP contribution in [0.5, 0.6) is 0 Å². The van der Waals surface area contributed by atoms with Crippen LogP contribution < -0.4 is 5.32 Å². The second-order valence-electron chi connectivity index (χ2n) is 5.57. The lowest BCUT2D eigenvalue weighted by Gasteiger charge is -2.40. The molecule has 110 valence electrons. The number of rotatable bonds is 4. The standard InChI is InChI=1S/C15H21IN2O2/c1-15(2,18-7-9-20-10-8-18)11-17-14(19)12-5-3-4-6-13(12)16/h3-6H,7-11H2,1-2H3,(H,17,19). The third kappa shape index (κ3) is 3.93. The number of amides is 1.